The van der Waals surface area contributed by atoms with E-state index in [2.05, 4.69) is 35.7 Å². The molecule has 5 heterocycles. The van der Waals surface area contributed by atoms with E-state index >= 15 is 0 Å². The van der Waals surface area contributed by atoms with Crippen LogP contribution >= 0.6 is 0 Å². The lowest BCUT2D eigenvalue weighted by molar-refractivity contribution is 0.0543. The third-order valence-corrected chi connectivity index (χ3v) is 9.16. The van der Waals surface area contributed by atoms with Gasteiger partial charge in [0.25, 0.3) is 5.91 Å². The van der Waals surface area contributed by atoms with Gasteiger partial charge < -0.3 is 19.7 Å². The summed E-state index contributed by atoms with van der Waals surface area (Å²) in [5.41, 5.74) is 2.66. The zero-order valence-electron chi connectivity index (χ0n) is 21.7. The van der Waals surface area contributed by atoms with Crippen molar-refractivity contribution < 1.29 is 4.79 Å². The van der Waals surface area contributed by atoms with Gasteiger partial charge in [-0.2, -0.15) is 4.98 Å². The first-order valence-corrected chi connectivity index (χ1v) is 14.0. The van der Waals surface area contributed by atoms with E-state index in [9.17, 15) is 4.79 Å². The molecule has 0 radical (unpaired) electrons. The van der Waals surface area contributed by atoms with Crippen molar-refractivity contribution in [2.45, 2.75) is 62.9 Å². The van der Waals surface area contributed by atoms with Crippen molar-refractivity contribution in [1.29, 1.82) is 0 Å². The van der Waals surface area contributed by atoms with Gasteiger partial charge in [0.1, 0.15) is 17.2 Å². The van der Waals surface area contributed by atoms with Crippen LogP contribution in [0, 0.1) is 0 Å². The minimum atomic E-state index is -0.0772. The van der Waals surface area contributed by atoms with Gasteiger partial charge >= 0.3 is 0 Å². The Morgan fingerprint density at radius 3 is 2.49 bits per heavy atom. The number of amides is 1. The number of hydrogen-bond donors (Lipinski definition) is 1. The molecule has 4 aliphatic rings. The maximum atomic E-state index is 13.0. The average molecular weight is 501 g/mol. The Morgan fingerprint density at radius 1 is 0.973 bits per heavy atom. The number of likely N-dealkylation sites (N-methyl/N-ethyl adjacent to an activating group) is 1. The predicted octanol–water partition coefficient (Wildman–Crippen LogP) is 3.99. The van der Waals surface area contributed by atoms with Crippen molar-refractivity contribution in [3.8, 4) is 0 Å². The van der Waals surface area contributed by atoms with E-state index in [4.69, 9.17) is 4.98 Å². The van der Waals surface area contributed by atoms with Gasteiger partial charge in [0.2, 0.25) is 5.95 Å². The van der Waals surface area contributed by atoms with Crippen molar-refractivity contribution >= 4 is 34.4 Å². The highest BCUT2D eigenvalue weighted by atomic mass is 16.2. The summed E-state index contributed by atoms with van der Waals surface area (Å²) in [6.07, 6.45) is 13.7. The summed E-state index contributed by atoms with van der Waals surface area (Å²) >= 11 is 0. The molecule has 0 unspecified atom stereocenters. The Labute approximate surface area is 217 Å². The van der Waals surface area contributed by atoms with Crippen molar-refractivity contribution in [3.63, 3.8) is 0 Å². The van der Waals surface area contributed by atoms with Crippen molar-refractivity contribution in [1.82, 2.24) is 29.3 Å². The van der Waals surface area contributed by atoms with E-state index in [0.717, 1.165) is 79.8 Å². The highest BCUT2D eigenvalue weighted by Crippen LogP contribution is 2.42. The van der Waals surface area contributed by atoms with E-state index in [1.54, 1.807) is 0 Å². The molecule has 7 rings (SSSR count). The molecular weight excluding hydrogens is 464 g/mol. The number of aromatic nitrogens is 4. The zero-order valence-corrected chi connectivity index (χ0v) is 21.7. The molecule has 9 nitrogen and oxygen atoms in total. The molecule has 2 saturated carbocycles. The molecule has 1 N–H and O–H groups in total. The molecule has 37 heavy (non-hydrogen) atoms. The Kier molecular flexibility index (Phi) is 5.57. The summed E-state index contributed by atoms with van der Waals surface area (Å²) in [7, 11) is 1.92. The van der Waals surface area contributed by atoms with E-state index in [-0.39, 0.29) is 11.4 Å². The highest BCUT2D eigenvalue weighted by Gasteiger charge is 2.43. The number of carbonyl (C=O) groups is 1. The number of piperazine rings is 1. The van der Waals surface area contributed by atoms with Crippen molar-refractivity contribution in [3.05, 3.63) is 36.3 Å². The number of carbonyl (C=O) groups excluding carboxylic acids is 1. The Hall–Kier alpha value is -3.20. The number of nitrogens with zero attached hydrogens (tertiary/aromatic N) is 7. The van der Waals surface area contributed by atoms with Crippen LogP contribution in [0.1, 0.15) is 61.9 Å². The SMILES string of the molecule is CN1CC2(CCCCC2)n2c(cc3cnc(Nc4ccc(N5CCN(C6CCC6)CC5)cn4)nc32)C1=O. The molecule has 0 bridgehead atoms. The van der Waals surface area contributed by atoms with Crippen LogP contribution in [0.3, 0.4) is 0 Å². The highest BCUT2D eigenvalue weighted by molar-refractivity contribution is 5.99. The molecule has 194 valence electrons. The Morgan fingerprint density at radius 2 is 1.78 bits per heavy atom. The first-order valence-electron chi connectivity index (χ1n) is 14.0. The van der Waals surface area contributed by atoms with Crippen LogP contribution in [0.5, 0.6) is 0 Å². The monoisotopic (exact) mass is 500 g/mol. The summed E-state index contributed by atoms with van der Waals surface area (Å²) in [6.45, 7) is 5.13. The molecule has 1 amide bonds. The summed E-state index contributed by atoms with van der Waals surface area (Å²) < 4.78 is 2.23. The van der Waals surface area contributed by atoms with Gasteiger partial charge in [-0.15, -0.1) is 0 Å². The number of nitrogens with one attached hydrogen (secondary N) is 1. The molecule has 0 aromatic carbocycles. The normalized spacial score (nSPS) is 22.4. The van der Waals surface area contributed by atoms with E-state index in [0.29, 0.717) is 5.95 Å². The maximum Gasteiger partial charge on any atom is 0.270 e. The summed E-state index contributed by atoms with van der Waals surface area (Å²) in [6, 6.07) is 6.93. The Balaban J connectivity index is 1.11. The van der Waals surface area contributed by atoms with Gasteiger partial charge in [-0.1, -0.05) is 25.7 Å². The van der Waals surface area contributed by atoms with Gasteiger partial charge in [0, 0.05) is 57.4 Å². The van der Waals surface area contributed by atoms with Gasteiger partial charge in [0.15, 0.2) is 0 Å². The van der Waals surface area contributed by atoms with Crippen LogP contribution < -0.4 is 10.2 Å². The molecule has 3 aromatic rings. The first-order chi connectivity index (χ1) is 18.1. The minimum absolute atomic E-state index is 0.0643. The van der Waals surface area contributed by atoms with Gasteiger partial charge in [0.05, 0.1) is 17.4 Å². The molecule has 3 fully saturated rings. The summed E-state index contributed by atoms with van der Waals surface area (Å²) in [5.74, 6) is 1.30. The lowest BCUT2D eigenvalue weighted by Crippen LogP contribution is -2.53. The second-order valence-electron chi connectivity index (χ2n) is 11.4. The van der Waals surface area contributed by atoms with Crippen LogP contribution in [-0.2, 0) is 5.54 Å². The lowest BCUT2D eigenvalue weighted by atomic mass is 9.79. The standard InChI is InChI=1S/C28H36N8O/c1-33-19-28(10-3-2-4-11-28)36-23(26(33)37)16-20-17-30-27(32-25(20)36)31-24-9-8-22(18-29-24)35-14-12-34(13-15-35)21-6-5-7-21/h8-9,16-18,21H,2-7,10-15,19H2,1H3,(H,29,30,31,32). The topological polar surface area (TPSA) is 82.4 Å². The molecule has 2 aliphatic carbocycles. The Bertz CT molecular complexity index is 1300. The van der Waals surface area contributed by atoms with Gasteiger partial charge in [-0.3, -0.25) is 9.69 Å². The smallest absolute Gasteiger partial charge is 0.270 e. The molecule has 2 aliphatic heterocycles. The average Bonchev–Trinajstić information content (AvgIpc) is 3.28. The number of pyridine rings is 1. The van der Waals surface area contributed by atoms with Crippen LogP contribution in [-0.4, -0.2) is 81.0 Å². The molecule has 3 aromatic heterocycles. The second kappa shape index (κ2) is 8.97. The van der Waals surface area contributed by atoms with Gasteiger partial charge in [-0.05, 0) is 43.9 Å². The quantitative estimate of drug-likeness (QED) is 0.580. The van der Waals surface area contributed by atoms with E-state index in [1.165, 1.54) is 38.5 Å². The number of anilines is 3. The lowest BCUT2D eigenvalue weighted by Gasteiger charge is -2.45. The van der Waals surface area contributed by atoms with E-state index in [1.807, 2.05) is 36.5 Å². The summed E-state index contributed by atoms with van der Waals surface area (Å²) in [4.78, 5) is 34.2. The second-order valence-corrected chi connectivity index (χ2v) is 11.4. The van der Waals surface area contributed by atoms with Crippen LogP contribution in [0.4, 0.5) is 17.5 Å². The van der Waals surface area contributed by atoms with Crippen LogP contribution in [0.2, 0.25) is 0 Å². The fourth-order valence-corrected chi connectivity index (χ4v) is 6.92. The van der Waals surface area contributed by atoms with Crippen LogP contribution in [0.25, 0.3) is 11.0 Å². The van der Waals surface area contributed by atoms with Crippen LogP contribution in [0.15, 0.2) is 30.6 Å². The fraction of sp³-hybridized carbons (Fsp3) is 0.571. The van der Waals surface area contributed by atoms with Crippen molar-refractivity contribution in [2.24, 2.45) is 0 Å². The zero-order chi connectivity index (χ0) is 25.0. The fourth-order valence-electron chi connectivity index (χ4n) is 6.92. The number of hydrogen-bond acceptors (Lipinski definition) is 7. The third-order valence-electron chi connectivity index (χ3n) is 9.16. The third kappa shape index (κ3) is 3.95. The van der Waals surface area contributed by atoms with Crippen molar-refractivity contribution in [2.75, 3.05) is 50.0 Å². The van der Waals surface area contributed by atoms with Gasteiger partial charge in [-0.25, -0.2) is 9.97 Å². The molecule has 1 spiro atoms. The first kappa shape index (κ1) is 23.0. The largest absolute Gasteiger partial charge is 0.368 e. The van der Waals surface area contributed by atoms with E-state index < -0.39 is 0 Å². The molecular formula is C28H36N8O. The molecule has 1 saturated heterocycles. The number of rotatable bonds is 4. The molecule has 0 atom stereocenters. The predicted molar refractivity (Wildman–Crippen MR) is 144 cm³/mol. The minimum Gasteiger partial charge on any atom is -0.368 e. The maximum absolute atomic E-state index is 13.0. The number of fused-ring (bicyclic) bond motifs is 4. The molecule has 9 heteroatoms. The summed E-state index contributed by atoms with van der Waals surface area (Å²) in [5, 5.41) is 4.22.